The molecule has 19 heavy (non-hydrogen) atoms. The highest BCUT2D eigenvalue weighted by molar-refractivity contribution is 7.14. The standard InChI is InChI=1S/C14H23N3OS/c1-13(2)8-10(15)9-14(3,4)17(13)12(18)16-11-6-5-7-19-11/h5-7,10H,8-9,15H2,1-4H3,(H,16,18). The first-order chi connectivity index (χ1) is 8.72. The molecule has 1 fully saturated rings. The highest BCUT2D eigenvalue weighted by Gasteiger charge is 2.46. The Morgan fingerprint density at radius 2 is 1.95 bits per heavy atom. The molecule has 2 amide bonds. The van der Waals surface area contributed by atoms with Crippen molar-refractivity contribution in [1.82, 2.24) is 4.90 Å². The fourth-order valence-corrected chi connectivity index (χ4v) is 4.03. The van der Waals surface area contributed by atoms with Crippen LogP contribution in [-0.2, 0) is 0 Å². The van der Waals surface area contributed by atoms with Gasteiger partial charge in [-0.3, -0.25) is 5.32 Å². The van der Waals surface area contributed by atoms with E-state index in [4.69, 9.17) is 5.73 Å². The molecule has 0 spiro atoms. The number of nitrogens with zero attached hydrogens (tertiary/aromatic N) is 1. The Labute approximate surface area is 119 Å². The van der Waals surface area contributed by atoms with E-state index in [0.717, 1.165) is 17.8 Å². The molecule has 106 valence electrons. The molecule has 3 N–H and O–H groups in total. The van der Waals surface area contributed by atoms with Gasteiger partial charge in [-0.2, -0.15) is 0 Å². The van der Waals surface area contributed by atoms with Gasteiger partial charge in [-0.1, -0.05) is 0 Å². The van der Waals surface area contributed by atoms with Crippen LogP contribution in [0.15, 0.2) is 17.5 Å². The second kappa shape index (κ2) is 4.80. The summed E-state index contributed by atoms with van der Waals surface area (Å²) in [5.41, 5.74) is 5.66. The summed E-state index contributed by atoms with van der Waals surface area (Å²) >= 11 is 1.53. The molecule has 1 aliphatic heterocycles. The van der Waals surface area contributed by atoms with E-state index in [9.17, 15) is 4.79 Å². The third kappa shape index (κ3) is 2.92. The quantitative estimate of drug-likeness (QED) is 0.830. The van der Waals surface area contributed by atoms with Crippen molar-refractivity contribution in [1.29, 1.82) is 0 Å². The number of rotatable bonds is 1. The zero-order chi connectivity index (χ0) is 14.3. The minimum absolute atomic E-state index is 0.0376. The second-order valence-corrected chi connectivity index (χ2v) is 7.48. The number of likely N-dealkylation sites (tertiary alicyclic amines) is 1. The van der Waals surface area contributed by atoms with Gasteiger partial charge < -0.3 is 10.6 Å². The average molecular weight is 281 g/mol. The van der Waals surface area contributed by atoms with Gasteiger partial charge in [0.15, 0.2) is 0 Å². The number of urea groups is 1. The Hall–Kier alpha value is -1.07. The van der Waals surface area contributed by atoms with Crippen LogP contribution in [0, 0.1) is 0 Å². The van der Waals surface area contributed by atoms with Crippen LogP contribution in [0.2, 0.25) is 0 Å². The van der Waals surface area contributed by atoms with Crippen molar-refractivity contribution in [3.8, 4) is 0 Å². The van der Waals surface area contributed by atoms with Gasteiger partial charge in [-0.05, 0) is 58.0 Å². The molecule has 1 aliphatic rings. The highest BCUT2D eigenvalue weighted by Crippen LogP contribution is 2.38. The van der Waals surface area contributed by atoms with Crippen molar-refractivity contribution in [2.45, 2.75) is 57.7 Å². The highest BCUT2D eigenvalue weighted by atomic mass is 32.1. The maximum absolute atomic E-state index is 12.6. The summed E-state index contributed by atoms with van der Waals surface area (Å²) in [7, 11) is 0. The van der Waals surface area contributed by atoms with Crippen LogP contribution < -0.4 is 11.1 Å². The number of amides is 2. The molecule has 1 aromatic heterocycles. The van der Waals surface area contributed by atoms with Crippen molar-refractivity contribution in [3.63, 3.8) is 0 Å². The maximum atomic E-state index is 12.6. The maximum Gasteiger partial charge on any atom is 0.323 e. The number of carbonyl (C=O) groups excluding carboxylic acids is 1. The van der Waals surface area contributed by atoms with Crippen molar-refractivity contribution >= 4 is 22.4 Å². The van der Waals surface area contributed by atoms with Crippen LogP contribution >= 0.6 is 11.3 Å². The van der Waals surface area contributed by atoms with Crippen LogP contribution in [0.1, 0.15) is 40.5 Å². The topological polar surface area (TPSA) is 58.4 Å². The molecule has 0 saturated carbocycles. The summed E-state index contributed by atoms with van der Waals surface area (Å²) in [6.07, 6.45) is 1.66. The van der Waals surface area contributed by atoms with Crippen molar-refractivity contribution in [3.05, 3.63) is 17.5 Å². The third-order valence-electron chi connectivity index (χ3n) is 3.69. The zero-order valence-electron chi connectivity index (χ0n) is 12.1. The molecule has 0 unspecified atom stereocenters. The minimum atomic E-state index is -0.234. The Kier molecular flexibility index (Phi) is 3.62. The largest absolute Gasteiger partial charge is 0.328 e. The van der Waals surface area contributed by atoms with E-state index in [1.165, 1.54) is 11.3 Å². The smallest absolute Gasteiger partial charge is 0.323 e. The lowest BCUT2D eigenvalue weighted by Crippen LogP contribution is -2.66. The van der Waals surface area contributed by atoms with Crippen LogP contribution in [0.3, 0.4) is 0 Å². The lowest BCUT2D eigenvalue weighted by molar-refractivity contribution is 0.00879. The van der Waals surface area contributed by atoms with Gasteiger partial charge in [-0.25, -0.2) is 4.79 Å². The predicted molar refractivity (Wildman–Crippen MR) is 80.5 cm³/mol. The number of anilines is 1. The van der Waals surface area contributed by atoms with Gasteiger partial charge in [0.2, 0.25) is 0 Å². The second-order valence-electron chi connectivity index (χ2n) is 6.54. The zero-order valence-corrected chi connectivity index (χ0v) is 12.9. The lowest BCUT2D eigenvalue weighted by Gasteiger charge is -2.54. The normalized spacial score (nSPS) is 22.3. The predicted octanol–water partition coefficient (Wildman–Crippen LogP) is 3.26. The number of hydrogen-bond donors (Lipinski definition) is 2. The van der Waals surface area contributed by atoms with E-state index in [0.29, 0.717) is 0 Å². The molecule has 0 aromatic carbocycles. The van der Waals surface area contributed by atoms with Gasteiger partial charge in [-0.15, -0.1) is 11.3 Å². The van der Waals surface area contributed by atoms with Crippen LogP contribution in [-0.4, -0.2) is 28.1 Å². The fraction of sp³-hybridized carbons (Fsp3) is 0.643. The molecule has 2 rings (SSSR count). The molecule has 2 heterocycles. The molecular weight excluding hydrogens is 258 g/mol. The number of nitrogens with one attached hydrogen (secondary N) is 1. The van der Waals surface area contributed by atoms with Crippen molar-refractivity contribution < 1.29 is 4.79 Å². The lowest BCUT2D eigenvalue weighted by atomic mass is 9.77. The van der Waals surface area contributed by atoms with E-state index in [2.05, 4.69) is 33.0 Å². The number of nitrogens with two attached hydrogens (primary N) is 1. The first kappa shape index (κ1) is 14.3. The van der Waals surface area contributed by atoms with Gasteiger partial charge >= 0.3 is 6.03 Å². The molecule has 4 nitrogen and oxygen atoms in total. The average Bonchev–Trinajstić information content (AvgIpc) is 2.64. The molecule has 0 atom stereocenters. The summed E-state index contributed by atoms with van der Waals surface area (Å²) in [6.45, 7) is 8.34. The number of piperidine rings is 1. The van der Waals surface area contributed by atoms with Crippen LogP contribution in [0.4, 0.5) is 9.80 Å². The van der Waals surface area contributed by atoms with Crippen molar-refractivity contribution in [2.75, 3.05) is 5.32 Å². The van der Waals surface area contributed by atoms with E-state index < -0.39 is 0 Å². The molecule has 1 saturated heterocycles. The summed E-state index contributed by atoms with van der Waals surface area (Å²) in [5, 5.41) is 5.82. The first-order valence-electron chi connectivity index (χ1n) is 6.63. The summed E-state index contributed by atoms with van der Waals surface area (Å²) in [5.74, 6) is 0. The Balaban J connectivity index is 2.22. The van der Waals surface area contributed by atoms with Crippen LogP contribution in [0.5, 0.6) is 0 Å². The van der Waals surface area contributed by atoms with Crippen LogP contribution in [0.25, 0.3) is 0 Å². The molecule has 5 heteroatoms. The van der Waals surface area contributed by atoms with Gasteiger partial charge in [0.05, 0.1) is 5.00 Å². The van der Waals surface area contributed by atoms with E-state index >= 15 is 0 Å². The minimum Gasteiger partial charge on any atom is -0.328 e. The SMILES string of the molecule is CC1(C)CC(N)CC(C)(C)N1C(=O)Nc1cccs1. The summed E-state index contributed by atoms with van der Waals surface area (Å²) < 4.78 is 0. The van der Waals surface area contributed by atoms with E-state index in [1.54, 1.807) is 0 Å². The Morgan fingerprint density at radius 1 is 1.37 bits per heavy atom. The Bertz CT molecular complexity index is 435. The molecule has 1 aromatic rings. The van der Waals surface area contributed by atoms with Gasteiger partial charge in [0.1, 0.15) is 0 Å². The molecular formula is C14H23N3OS. The van der Waals surface area contributed by atoms with Gasteiger partial charge in [0.25, 0.3) is 0 Å². The molecule has 0 bridgehead atoms. The number of thiophene rings is 1. The fourth-order valence-electron chi connectivity index (χ4n) is 3.42. The summed E-state index contributed by atoms with van der Waals surface area (Å²) in [4.78, 5) is 14.5. The molecule has 0 radical (unpaired) electrons. The number of carbonyl (C=O) groups is 1. The van der Waals surface area contributed by atoms with E-state index in [1.807, 2.05) is 22.4 Å². The third-order valence-corrected chi connectivity index (χ3v) is 4.47. The van der Waals surface area contributed by atoms with E-state index in [-0.39, 0.29) is 23.2 Å². The van der Waals surface area contributed by atoms with Gasteiger partial charge in [0, 0.05) is 17.1 Å². The number of hydrogen-bond acceptors (Lipinski definition) is 3. The van der Waals surface area contributed by atoms with Crippen molar-refractivity contribution in [2.24, 2.45) is 5.73 Å². The first-order valence-corrected chi connectivity index (χ1v) is 7.51. The molecule has 0 aliphatic carbocycles. The monoisotopic (exact) mass is 281 g/mol. The Morgan fingerprint density at radius 3 is 2.42 bits per heavy atom. The summed E-state index contributed by atoms with van der Waals surface area (Å²) in [6, 6.07) is 3.96.